The van der Waals surface area contributed by atoms with Crippen molar-refractivity contribution in [2.75, 3.05) is 7.11 Å². The van der Waals surface area contributed by atoms with Crippen LogP contribution in [0.1, 0.15) is 19.4 Å². The van der Waals surface area contributed by atoms with E-state index in [1.54, 1.807) is 7.11 Å². The highest BCUT2D eigenvalue weighted by molar-refractivity contribution is 9.10. The van der Waals surface area contributed by atoms with Gasteiger partial charge >= 0.3 is 0 Å². The van der Waals surface area contributed by atoms with Crippen LogP contribution in [0.5, 0.6) is 0 Å². The summed E-state index contributed by atoms with van der Waals surface area (Å²) in [5.41, 5.74) is 3.37. The standard InChI is InChI=1S/C18H19BrO/c1-13(20-4)18(2,3)16-9-5-7-14(11-16)15-8-6-10-17(19)12-15/h5-12H,1H2,2-4H3. The monoisotopic (exact) mass is 330 g/mol. The molecule has 0 aliphatic carbocycles. The average molecular weight is 331 g/mol. The Labute approximate surface area is 129 Å². The van der Waals surface area contributed by atoms with Crippen LogP contribution in [-0.2, 0) is 10.2 Å². The van der Waals surface area contributed by atoms with Crippen molar-refractivity contribution >= 4 is 15.9 Å². The Morgan fingerprint density at radius 3 is 2.25 bits per heavy atom. The van der Waals surface area contributed by atoms with E-state index in [-0.39, 0.29) is 5.41 Å². The van der Waals surface area contributed by atoms with Crippen LogP contribution in [0.2, 0.25) is 0 Å². The third kappa shape index (κ3) is 2.96. The van der Waals surface area contributed by atoms with Crippen molar-refractivity contribution in [2.45, 2.75) is 19.3 Å². The average Bonchev–Trinajstić information content (AvgIpc) is 2.46. The first kappa shape index (κ1) is 14.9. The molecular formula is C18H19BrO. The van der Waals surface area contributed by atoms with Gasteiger partial charge in [-0.25, -0.2) is 0 Å². The lowest BCUT2D eigenvalue weighted by Gasteiger charge is -2.27. The van der Waals surface area contributed by atoms with Crippen LogP contribution >= 0.6 is 15.9 Å². The maximum Gasteiger partial charge on any atom is 0.0983 e. The highest BCUT2D eigenvalue weighted by Gasteiger charge is 2.25. The van der Waals surface area contributed by atoms with E-state index in [1.807, 2.05) is 12.1 Å². The first-order valence-corrected chi connectivity index (χ1v) is 7.34. The number of allylic oxidation sites excluding steroid dienone is 1. The molecule has 1 nitrogen and oxygen atoms in total. The SMILES string of the molecule is C=C(OC)C(C)(C)c1cccc(-c2cccc(Br)c2)c1. The molecule has 0 aliphatic heterocycles. The minimum atomic E-state index is -0.212. The molecule has 0 saturated carbocycles. The summed E-state index contributed by atoms with van der Waals surface area (Å²) >= 11 is 3.52. The number of rotatable bonds is 4. The molecule has 0 amide bonds. The molecule has 0 aromatic heterocycles. The van der Waals surface area contributed by atoms with Crippen molar-refractivity contribution in [2.24, 2.45) is 0 Å². The normalized spacial score (nSPS) is 11.2. The van der Waals surface area contributed by atoms with Crippen LogP contribution in [0, 0.1) is 0 Å². The van der Waals surface area contributed by atoms with Crippen molar-refractivity contribution in [1.29, 1.82) is 0 Å². The molecule has 0 N–H and O–H groups in total. The third-order valence-corrected chi connectivity index (χ3v) is 4.18. The predicted octanol–water partition coefficient (Wildman–Crippen LogP) is 5.55. The second-order valence-corrected chi connectivity index (χ2v) is 6.26. The molecule has 0 heterocycles. The molecular weight excluding hydrogens is 312 g/mol. The van der Waals surface area contributed by atoms with Gasteiger partial charge in [-0.2, -0.15) is 0 Å². The fourth-order valence-electron chi connectivity index (χ4n) is 2.17. The Morgan fingerprint density at radius 1 is 1.05 bits per heavy atom. The van der Waals surface area contributed by atoms with Gasteiger partial charge < -0.3 is 4.74 Å². The Kier molecular flexibility index (Phi) is 4.34. The smallest absolute Gasteiger partial charge is 0.0983 e. The van der Waals surface area contributed by atoms with E-state index in [9.17, 15) is 0 Å². The van der Waals surface area contributed by atoms with Gasteiger partial charge in [0.1, 0.15) is 0 Å². The molecule has 2 aromatic carbocycles. The van der Waals surface area contributed by atoms with Gasteiger partial charge in [0.05, 0.1) is 12.9 Å². The molecule has 0 saturated heterocycles. The summed E-state index contributed by atoms with van der Waals surface area (Å²) in [5.74, 6) is 0.767. The largest absolute Gasteiger partial charge is 0.501 e. The lowest BCUT2D eigenvalue weighted by Crippen LogP contribution is -2.20. The number of hydrogen-bond donors (Lipinski definition) is 0. The molecule has 0 bridgehead atoms. The summed E-state index contributed by atoms with van der Waals surface area (Å²) in [6.07, 6.45) is 0. The number of methoxy groups -OCH3 is 1. The third-order valence-electron chi connectivity index (χ3n) is 3.69. The summed E-state index contributed by atoms with van der Waals surface area (Å²) < 4.78 is 6.42. The van der Waals surface area contributed by atoms with Crippen molar-refractivity contribution in [1.82, 2.24) is 0 Å². The Morgan fingerprint density at radius 2 is 1.65 bits per heavy atom. The summed E-state index contributed by atoms with van der Waals surface area (Å²) in [5, 5.41) is 0. The molecule has 0 spiro atoms. The highest BCUT2D eigenvalue weighted by atomic mass is 79.9. The van der Waals surface area contributed by atoms with E-state index in [4.69, 9.17) is 4.74 Å². The Hall–Kier alpha value is -1.54. The van der Waals surface area contributed by atoms with Crippen LogP contribution in [0.15, 0.2) is 65.3 Å². The molecule has 0 atom stereocenters. The van der Waals surface area contributed by atoms with Crippen molar-refractivity contribution in [3.63, 3.8) is 0 Å². The molecule has 2 rings (SSSR count). The zero-order valence-electron chi connectivity index (χ0n) is 12.1. The van der Waals surface area contributed by atoms with Crippen LogP contribution < -0.4 is 0 Å². The van der Waals surface area contributed by atoms with Gasteiger partial charge in [-0.1, -0.05) is 58.9 Å². The predicted molar refractivity (Wildman–Crippen MR) is 88.8 cm³/mol. The molecule has 20 heavy (non-hydrogen) atoms. The van der Waals surface area contributed by atoms with Gasteiger partial charge in [0, 0.05) is 9.89 Å². The van der Waals surface area contributed by atoms with Crippen LogP contribution in [0.25, 0.3) is 11.1 Å². The fourth-order valence-corrected chi connectivity index (χ4v) is 2.57. The zero-order chi connectivity index (χ0) is 14.8. The van der Waals surface area contributed by atoms with Crippen LogP contribution in [-0.4, -0.2) is 7.11 Å². The quantitative estimate of drug-likeness (QED) is 0.667. The number of benzene rings is 2. The Bertz CT molecular complexity index is 629. The molecule has 0 radical (unpaired) electrons. The molecule has 0 unspecified atom stereocenters. The molecule has 0 aliphatic rings. The van der Waals surface area contributed by atoms with E-state index in [2.05, 4.69) is 72.8 Å². The van der Waals surface area contributed by atoms with Gasteiger partial charge in [0.15, 0.2) is 0 Å². The summed E-state index contributed by atoms with van der Waals surface area (Å²) in [6.45, 7) is 8.26. The molecule has 104 valence electrons. The van der Waals surface area contributed by atoms with Crippen molar-refractivity contribution < 1.29 is 4.74 Å². The molecule has 2 aromatic rings. The maximum atomic E-state index is 5.33. The second-order valence-electron chi connectivity index (χ2n) is 5.34. The highest BCUT2D eigenvalue weighted by Crippen LogP contribution is 2.33. The van der Waals surface area contributed by atoms with E-state index >= 15 is 0 Å². The van der Waals surface area contributed by atoms with E-state index in [0.717, 1.165) is 10.2 Å². The summed E-state index contributed by atoms with van der Waals surface area (Å²) in [4.78, 5) is 0. The van der Waals surface area contributed by atoms with Gasteiger partial charge in [0.2, 0.25) is 0 Å². The minimum Gasteiger partial charge on any atom is -0.501 e. The number of halogens is 1. The zero-order valence-corrected chi connectivity index (χ0v) is 13.7. The second kappa shape index (κ2) is 5.84. The van der Waals surface area contributed by atoms with Gasteiger partial charge in [-0.3, -0.25) is 0 Å². The first-order chi connectivity index (χ1) is 9.45. The maximum absolute atomic E-state index is 5.33. The minimum absolute atomic E-state index is 0.212. The van der Waals surface area contributed by atoms with Crippen LogP contribution in [0.3, 0.4) is 0 Å². The summed E-state index contributed by atoms with van der Waals surface area (Å²) in [6, 6.07) is 16.8. The van der Waals surface area contributed by atoms with Crippen molar-refractivity contribution in [3.8, 4) is 11.1 Å². The lowest BCUT2D eigenvalue weighted by atomic mass is 9.82. The summed E-state index contributed by atoms with van der Waals surface area (Å²) in [7, 11) is 1.67. The van der Waals surface area contributed by atoms with E-state index in [1.165, 1.54) is 16.7 Å². The van der Waals surface area contributed by atoms with Gasteiger partial charge in [0.25, 0.3) is 0 Å². The molecule has 2 heteroatoms. The first-order valence-electron chi connectivity index (χ1n) is 6.55. The molecule has 0 fully saturated rings. The van der Waals surface area contributed by atoms with Gasteiger partial charge in [-0.15, -0.1) is 0 Å². The van der Waals surface area contributed by atoms with E-state index in [0.29, 0.717) is 0 Å². The number of ether oxygens (including phenoxy) is 1. The van der Waals surface area contributed by atoms with Crippen molar-refractivity contribution in [3.05, 3.63) is 70.9 Å². The van der Waals surface area contributed by atoms with Crippen LogP contribution in [0.4, 0.5) is 0 Å². The fraction of sp³-hybridized carbons (Fsp3) is 0.222. The van der Waals surface area contributed by atoms with E-state index < -0.39 is 0 Å². The Balaban J connectivity index is 2.45. The lowest BCUT2D eigenvalue weighted by molar-refractivity contribution is 0.237. The van der Waals surface area contributed by atoms with Gasteiger partial charge in [-0.05, 0) is 42.7 Å². The number of hydrogen-bond acceptors (Lipinski definition) is 1. The topological polar surface area (TPSA) is 9.23 Å².